The molecule has 0 aliphatic carbocycles. The predicted octanol–water partition coefficient (Wildman–Crippen LogP) is 3.45. The third kappa shape index (κ3) is 3.55. The number of nitrogens with two attached hydrogens (primary N) is 1. The first kappa shape index (κ1) is 15.8. The van der Waals surface area contributed by atoms with E-state index in [1.807, 2.05) is 30.1 Å². The lowest BCUT2D eigenvalue weighted by molar-refractivity contribution is 0.744. The molecule has 1 aromatic carbocycles. The maximum Gasteiger partial charge on any atom is 0.159 e. The van der Waals surface area contributed by atoms with Crippen molar-refractivity contribution in [1.82, 2.24) is 4.98 Å². The van der Waals surface area contributed by atoms with Crippen molar-refractivity contribution in [3.8, 4) is 0 Å². The van der Waals surface area contributed by atoms with Gasteiger partial charge in [-0.3, -0.25) is 4.99 Å². The number of hydrogen-bond acceptors (Lipinski definition) is 5. The Balaban J connectivity index is 2.32. The van der Waals surface area contributed by atoms with E-state index in [0.717, 1.165) is 17.2 Å². The largest absolute Gasteiger partial charge is 0.384 e. The fourth-order valence-electron chi connectivity index (χ4n) is 2.12. The summed E-state index contributed by atoms with van der Waals surface area (Å²) in [6.45, 7) is 8.56. The number of nitrogens with one attached hydrogen (secondary N) is 1. The molecule has 0 fully saturated rings. The van der Waals surface area contributed by atoms with Crippen LogP contribution in [0.3, 0.4) is 0 Å². The van der Waals surface area contributed by atoms with Crippen LogP contribution in [0.1, 0.15) is 19.4 Å². The first-order valence-electron chi connectivity index (χ1n) is 7.30. The molecule has 0 amide bonds. The number of aromatic nitrogens is 1. The maximum atomic E-state index is 5.95. The van der Waals surface area contributed by atoms with Gasteiger partial charge in [-0.2, -0.15) is 0 Å². The zero-order valence-corrected chi connectivity index (χ0v) is 13.4. The Hall–Kier alpha value is -2.56. The van der Waals surface area contributed by atoms with E-state index in [0.29, 0.717) is 12.4 Å². The van der Waals surface area contributed by atoms with Crippen LogP contribution in [-0.4, -0.2) is 24.8 Å². The average Bonchev–Trinajstić information content (AvgIpc) is 2.52. The van der Waals surface area contributed by atoms with Gasteiger partial charge in [0.1, 0.15) is 11.5 Å². The van der Waals surface area contributed by atoms with Crippen molar-refractivity contribution in [3.05, 3.63) is 42.0 Å². The van der Waals surface area contributed by atoms with Crippen LogP contribution in [0.5, 0.6) is 0 Å². The number of nitrogens with zero attached hydrogens (tertiary/aromatic N) is 3. The molecule has 0 atom stereocenters. The van der Waals surface area contributed by atoms with Crippen LogP contribution in [-0.2, 0) is 6.54 Å². The Bertz CT molecular complexity index is 637. The lowest BCUT2D eigenvalue weighted by Crippen LogP contribution is -2.27. The van der Waals surface area contributed by atoms with Crippen molar-refractivity contribution in [3.63, 3.8) is 0 Å². The minimum Gasteiger partial charge on any atom is -0.384 e. The van der Waals surface area contributed by atoms with Crippen molar-refractivity contribution in [2.75, 3.05) is 23.0 Å². The first-order valence-corrected chi connectivity index (χ1v) is 7.30. The number of pyridine rings is 1. The smallest absolute Gasteiger partial charge is 0.159 e. The van der Waals surface area contributed by atoms with Gasteiger partial charge in [-0.1, -0.05) is 30.3 Å². The lowest BCUT2D eigenvalue weighted by atomic mass is 10.2. The van der Waals surface area contributed by atoms with Crippen LogP contribution in [0.2, 0.25) is 0 Å². The maximum absolute atomic E-state index is 5.95. The SMILES string of the molecule is C=Nc1c(NCc2ccccc2)cc(N)nc1N(C)C(C)C. The minimum absolute atomic E-state index is 0.289. The van der Waals surface area contributed by atoms with Gasteiger partial charge in [-0.05, 0) is 26.1 Å². The highest BCUT2D eigenvalue weighted by atomic mass is 15.2. The Labute approximate surface area is 131 Å². The predicted molar refractivity (Wildman–Crippen MR) is 95.2 cm³/mol. The molecule has 1 aromatic heterocycles. The molecule has 0 spiro atoms. The van der Waals surface area contributed by atoms with E-state index in [9.17, 15) is 0 Å². The molecular weight excluding hydrogens is 274 g/mol. The second-order valence-electron chi connectivity index (χ2n) is 5.47. The summed E-state index contributed by atoms with van der Waals surface area (Å²) in [6.07, 6.45) is 0. The molecule has 0 aliphatic heterocycles. The Morgan fingerprint density at radius 1 is 1.32 bits per heavy atom. The molecule has 22 heavy (non-hydrogen) atoms. The molecule has 2 aromatic rings. The van der Waals surface area contributed by atoms with Crippen molar-refractivity contribution < 1.29 is 0 Å². The second-order valence-corrected chi connectivity index (χ2v) is 5.47. The van der Waals surface area contributed by atoms with E-state index in [2.05, 4.69) is 48.0 Å². The summed E-state index contributed by atoms with van der Waals surface area (Å²) in [7, 11) is 1.97. The quantitative estimate of drug-likeness (QED) is 0.801. The Morgan fingerprint density at radius 2 is 2.00 bits per heavy atom. The number of hydrogen-bond donors (Lipinski definition) is 2. The molecule has 0 radical (unpaired) electrons. The standard InChI is InChI=1S/C17H23N5/c1-12(2)22(4)17-16(19-3)14(10-15(18)21-17)20-11-13-8-6-5-7-9-13/h5-10,12H,3,11H2,1-2,4H3,(H3,18,20,21). The summed E-state index contributed by atoms with van der Waals surface area (Å²) >= 11 is 0. The fraction of sp³-hybridized carbons (Fsp3) is 0.294. The minimum atomic E-state index is 0.289. The molecular formula is C17H23N5. The third-order valence-corrected chi connectivity index (χ3v) is 3.59. The van der Waals surface area contributed by atoms with E-state index >= 15 is 0 Å². The average molecular weight is 297 g/mol. The summed E-state index contributed by atoms with van der Waals surface area (Å²) in [5.74, 6) is 1.20. The third-order valence-electron chi connectivity index (χ3n) is 3.59. The van der Waals surface area contributed by atoms with Crippen LogP contribution in [0.15, 0.2) is 41.4 Å². The van der Waals surface area contributed by atoms with Gasteiger partial charge in [-0.25, -0.2) is 4.98 Å². The topological polar surface area (TPSA) is 66.5 Å². The number of anilines is 3. The Kier molecular flexibility index (Phi) is 4.99. The van der Waals surface area contributed by atoms with Crippen LogP contribution in [0, 0.1) is 0 Å². The first-order chi connectivity index (χ1) is 10.5. The highest BCUT2D eigenvalue weighted by molar-refractivity contribution is 5.81. The molecule has 5 nitrogen and oxygen atoms in total. The summed E-state index contributed by atoms with van der Waals surface area (Å²) in [5, 5.41) is 3.38. The molecule has 2 rings (SSSR count). The zero-order chi connectivity index (χ0) is 16.1. The summed E-state index contributed by atoms with van der Waals surface area (Å²) in [4.78, 5) is 10.6. The molecule has 1 heterocycles. The normalized spacial score (nSPS) is 10.5. The molecule has 0 unspecified atom stereocenters. The van der Waals surface area contributed by atoms with E-state index in [-0.39, 0.29) is 6.04 Å². The summed E-state index contributed by atoms with van der Waals surface area (Å²) < 4.78 is 0. The number of benzene rings is 1. The monoisotopic (exact) mass is 297 g/mol. The van der Waals surface area contributed by atoms with Gasteiger partial charge in [-0.15, -0.1) is 0 Å². The molecule has 5 heteroatoms. The van der Waals surface area contributed by atoms with Crippen LogP contribution in [0.25, 0.3) is 0 Å². The van der Waals surface area contributed by atoms with Gasteiger partial charge in [0, 0.05) is 25.7 Å². The van der Waals surface area contributed by atoms with Crippen molar-refractivity contribution in [1.29, 1.82) is 0 Å². The molecule has 0 bridgehead atoms. The van der Waals surface area contributed by atoms with Gasteiger partial charge in [0.05, 0.1) is 5.69 Å². The highest BCUT2D eigenvalue weighted by Crippen LogP contribution is 2.36. The number of aliphatic imine (C=N–C) groups is 1. The van der Waals surface area contributed by atoms with E-state index in [1.54, 1.807) is 6.07 Å². The van der Waals surface area contributed by atoms with Crippen LogP contribution < -0.4 is 16.0 Å². The molecule has 0 saturated carbocycles. The van der Waals surface area contributed by atoms with Gasteiger partial charge >= 0.3 is 0 Å². The van der Waals surface area contributed by atoms with Gasteiger partial charge in [0.25, 0.3) is 0 Å². The Morgan fingerprint density at radius 3 is 2.59 bits per heavy atom. The highest BCUT2D eigenvalue weighted by Gasteiger charge is 2.16. The fourth-order valence-corrected chi connectivity index (χ4v) is 2.12. The number of rotatable bonds is 6. The van der Waals surface area contributed by atoms with Gasteiger partial charge in [0.15, 0.2) is 5.82 Å². The summed E-state index contributed by atoms with van der Waals surface area (Å²) in [6, 6.07) is 12.3. The van der Waals surface area contributed by atoms with Crippen LogP contribution >= 0.6 is 0 Å². The zero-order valence-electron chi connectivity index (χ0n) is 13.4. The summed E-state index contributed by atoms with van der Waals surface area (Å²) in [5.41, 5.74) is 8.70. The lowest BCUT2D eigenvalue weighted by Gasteiger charge is -2.25. The molecule has 3 N–H and O–H groups in total. The molecule has 116 valence electrons. The van der Waals surface area contributed by atoms with E-state index < -0.39 is 0 Å². The van der Waals surface area contributed by atoms with Crippen molar-refractivity contribution in [2.24, 2.45) is 4.99 Å². The van der Waals surface area contributed by atoms with E-state index in [1.165, 1.54) is 5.56 Å². The van der Waals surface area contributed by atoms with Crippen molar-refractivity contribution in [2.45, 2.75) is 26.4 Å². The van der Waals surface area contributed by atoms with Crippen LogP contribution in [0.4, 0.5) is 23.0 Å². The van der Waals surface area contributed by atoms with Gasteiger partial charge < -0.3 is 16.0 Å². The molecule has 0 saturated heterocycles. The van der Waals surface area contributed by atoms with Crippen molar-refractivity contribution >= 4 is 29.7 Å². The second kappa shape index (κ2) is 6.93. The van der Waals surface area contributed by atoms with E-state index in [4.69, 9.17) is 5.73 Å². The molecule has 0 aliphatic rings. The van der Waals surface area contributed by atoms with Gasteiger partial charge in [0.2, 0.25) is 0 Å². The number of nitrogen functional groups attached to an aromatic ring is 1.